The lowest BCUT2D eigenvalue weighted by atomic mass is 9.97. The molecule has 1 aliphatic rings. The molecule has 2 rings (SSSR count). The Bertz CT molecular complexity index is 397. The molecule has 0 radical (unpaired) electrons. The van der Waals surface area contributed by atoms with E-state index in [1.54, 1.807) is 0 Å². The van der Waals surface area contributed by atoms with Crippen LogP contribution in [0.4, 0.5) is 0 Å². The monoisotopic (exact) mass is 229 g/mol. The number of carbonyl (C=O) groups is 1. The molecule has 1 aliphatic carbocycles. The van der Waals surface area contributed by atoms with Crippen LogP contribution in [-0.4, -0.2) is 11.8 Å². The second-order valence-electron chi connectivity index (χ2n) is 4.70. The highest BCUT2D eigenvalue weighted by Crippen LogP contribution is 2.19. The fraction of sp³-hybridized carbons (Fsp3) is 0.400. The summed E-state index contributed by atoms with van der Waals surface area (Å²) < 4.78 is 0. The average molecular weight is 229 g/mol. The van der Waals surface area contributed by atoms with Crippen molar-refractivity contribution in [3.8, 4) is 0 Å². The third kappa shape index (κ3) is 3.53. The third-order valence-corrected chi connectivity index (χ3v) is 3.26. The number of carbonyl (C=O) groups excluding carboxylic acids is 1. The predicted octanol–water partition coefficient (Wildman–Crippen LogP) is 2.48. The van der Waals surface area contributed by atoms with Crippen molar-refractivity contribution in [3.63, 3.8) is 0 Å². The minimum Gasteiger partial charge on any atom is -0.324 e. The fourth-order valence-corrected chi connectivity index (χ4v) is 2.26. The highest BCUT2D eigenvalue weighted by Gasteiger charge is 2.21. The topological polar surface area (TPSA) is 43.1 Å². The van der Waals surface area contributed by atoms with Gasteiger partial charge in [0.2, 0.25) is 0 Å². The Kier molecular flexibility index (Phi) is 4.10. The van der Waals surface area contributed by atoms with Crippen LogP contribution >= 0.6 is 0 Å². The van der Waals surface area contributed by atoms with Gasteiger partial charge < -0.3 is 5.73 Å². The maximum atomic E-state index is 11.9. The summed E-state index contributed by atoms with van der Waals surface area (Å²) >= 11 is 0. The Morgan fingerprint density at radius 3 is 2.65 bits per heavy atom. The van der Waals surface area contributed by atoms with E-state index in [0.29, 0.717) is 12.2 Å². The number of rotatable bonds is 5. The van der Waals surface area contributed by atoms with E-state index < -0.39 is 0 Å². The van der Waals surface area contributed by atoms with E-state index in [-0.39, 0.29) is 12.0 Å². The van der Waals surface area contributed by atoms with E-state index in [9.17, 15) is 4.79 Å². The highest BCUT2D eigenvalue weighted by atomic mass is 16.1. The van der Waals surface area contributed by atoms with Crippen LogP contribution in [0.2, 0.25) is 0 Å². The Morgan fingerprint density at radius 1 is 1.24 bits per heavy atom. The summed E-state index contributed by atoms with van der Waals surface area (Å²) in [4.78, 5) is 11.9. The number of hydrogen-bond acceptors (Lipinski definition) is 2. The fourth-order valence-electron chi connectivity index (χ4n) is 2.26. The SMILES string of the molecule is NC1C=CC(C(=O)CCCc2ccccc2)C1. The molecule has 1 aromatic carbocycles. The van der Waals surface area contributed by atoms with Crippen LogP contribution in [0.25, 0.3) is 0 Å². The second-order valence-corrected chi connectivity index (χ2v) is 4.70. The van der Waals surface area contributed by atoms with E-state index in [0.717, 1.165) is 19.3 Å². The zero-order chi connectivity index (χ0) is 12.1. The van der Waals surface area contributed by atoms with Gasteiger partial charge in [-0.05, 0) is 24.8 Å². The molecular formula is C15H19NO. The van der Waals surface area contributed by atoms with Crippen molar-refractivity contribution in [2.45, 2.75) is 31.7 Å². The van der Waals surface area contributed by atoms with Gasteiger partial charge in [-0.2, -0.15) is 0 Å². The lowest BCUT2D eigenvalue weighted by molar-refractivity contribution is -0.121. The molecule has 0 aromatic heterocycles. The molecule has 0 saturated carbocycles. The first-order valence-corrected chi connectivity index (χ1v) is 6.26. The zero-order valence-corrected chi connectivity index (χ0v) is 10.0. The minimum atomic E-state index is 0.0702. The number of nitrogens with two attached hydrogens (primary N) is 1. The normalized spacial score (nSPS) is 22.9. The van der Waals surface area contributed by atoms with Crippen molar-refractivity contribution in [3.05, 3.63) is 48.0 Å². The molecule has 0 aliphatic heterocycles. The molecule has 2 unspecified atom stereocenters. The molecule has 90 valence electrons. The van der Waals surface area contributed by atoms with Crippen LogP contribution in [0, 0.1) is 5.92 Å². The van der Waals surface area contributed by atoms with Crippen molar-refractivity contribution < 1.29 is 4.79 Å². The number of allylic oxidation sites excluding steroid dienone is 1. The standard InChI is InChI=1S/C15H19NO/c16-14-10-9-13(11-14)15(17)8-4-7-12-5-2-1-3-6-12/h1-3,5-6,9-10,13-14H,4,7-8,11,16H2. The van der Waals surface area contributed by atoms with Gasteiger partial charge in [0.1, 0.15) is 5.78 Å². The molecule has 17 heavy (non-hydrogen) atoms. The maximum Gasteiger partial charge on any atom is 0.139 e. The van der Waals surface area contributed by atoms with E-state index in [4.69, 9.17) is 5.73 Å². The van der Waals surface area contributed by atoms with Crippen LogP contribution in [0.5, 0.6) is 0 Å². The molecule has 0 spiro atoms. The van der Waals surface area contributed by atoms with Crippen LogP contribution in [0.3, 0.4) is 0 Å². The Hall–Kier alpha value is -1.41. The van der Waals surface area contributed by atoms with Crippen LogP contribution in [-0.2, 0) is 11.2 Å². The third-order valence-electron chi connectivity index (χ3n) is 3.26. The average Bonchev–Trinajstić information content (AvgIpc) is 2.77. The zero-order valence-electron chi connectivity index (χ0n) is 10.0. The largest absolute Gasteiger partial charge is 0.324 e. The summed E-state index contributed by atoms with van der Waals surface area (Å²) in [5.74, 6) is 0.408. The minimum absolute atomic E-state index is 0.0702. The Labute approximate surface area is 103 Å². The van der Waals surface area contributed by atoms with E-state index in [1.165, 1.54) is 5.56 Å². The van der Waals surface area contributed by atoms with Gasteiger partial charge in [0.15, 0.2) is 0 Å². The molecule has 0 saturated heterocycles. The van der Waals surface area contributed by atoms with E-state index in [2.05, 4.69) is 12.1 Å². The van der Waals surface area contributed by atoms with Crippen LogP contribution in [0.1, 0.15) is 24.8 Å². The maximum absolute atomic E-state index is 11.9. The van der Waals surface area contributed by atoms with Gasteiger partial charge in [0, 0.05) is 18.4 Å². The van der Waals surface area contributed by atoms with E-state index in [1.807, 2.05) is 30.4 Å². The first-order valence-electron chi connectivity index (χ1n) is 6.26. The smallest absolute Gasteiger partial charge is 0.139 e. The quantitative estimate of drug-likeness (QED) is 0.788. The Morgan fingerprint density at radius 2 is 2.00 bits per heavy atom. The summed E-state index contributed by atoms with van der Waals surface area (Å²) in [5.41, 5.74) is 7.05. The first-order chi connectivity index (χ1) is 8.25. The second kappa shape index (κ2) is 5.78. The number of ketones is 1. The lowest BCUT2D eigenvalue weighted by Crippen LogP contribution is -2.19. The van der Waals surface area contributed by atoms with Crippen molar-refractivity contribution in [1.82, 2.24) is 0 Å². The van der Waals surface area contributed by atoms with Crippen molar-refractivity contribution >= 4 is 5.78 Å². The van der Waals surface area contributed by atoms with E-state index >= 15 is 0 Å². The van der Waals surface area contributed by atoms with Gasteiger partial charge in [-0.3, -0.25) is 4.79 Å². The molecular weight excluding hydrogens is 210 g/mol. The summed E-state index contributed by atoms with van der Waals surface area (Å²) in [6, 6.07) is 10.4. The first kappa shape index (κ1) is 12.1. The summed E-state index contributed by atoms with van der Waals surface area (Å²) in [7, 11) is 0. The molecule has 0 amide bonds. The van der Waals surface area contributed by atoms with Crippen LogP contribution in [0.15, 0.2) is 42.5 Å². The van der Waals surface area contributed by atoms with Crippen LogP contribution < -0.4 is 5.73 Å². The van der Waals surface area contributed by atoms with Gasteiger partial charge in [-0.15, -0.1) is 0 Å². The molecule has 2 nitrogen and oxygen atoms in total. The summed E-state index contributed by atoms with van der Waals surface area (Å²) in [6.45, 7) is 0. The summed E-state index contributed by atoms with van der Waals surface area (Å²) in [6.07, 6.45) is 7.29. The number of benzene rings is 1. The highest BCUT2D eigenvalue weighted by molar-refractivity contribution is 5.83. The molecule has 1 aromatic rings. The molecule has 0 heterocycles. The van der Waals surface area contributed by atoms with Gasteiger partial charge in [-0.1, -0.05) is 42.5 Å². The Balaban J connectivity index is 1.72. The molecule has 2 heteroatoms. The molecule has 2 N–H and O–H groups in total. The van der Waals surface area contributed by atoms with Gasteiger partial charge in [0.25, 0.3) is 0 Å². The molecule has 2 atom stereocenters. The van der Waals surface area contributed by atoms with Gasteiger partial charge in [-0.25, -0.2) is 0 Å². The molecule has 0 fully saturated rings. The predicted molar refractivity (Wildman–Crippen MR) is 69.6 cm³/mol. The number of aryl methyl sites for hydroxylation is 1. The molecule has 0 bridgehead atoms. The van der Waals surface area contributed by atoms with Crippen molar-refractivity contribution in [2.75, 3.05) is 0 Å². The van der Waals surface area contributed by atoms with Gasteiger partial charge >= 0.3 is 0 Å². The van der Waals surface area contributed by atoms with Gasteiger partial charge in [0.05, 0.1) is 0 Å². The summed E-state index contributed by atoms with van der Waals surface area (Å²) in [5, 5.41) is 0. The van der Waals surface area contributed by atoms with Crippen molar-refractivity contribution in [1.29, 1.82) is 0 Å². The number of Topliss-reactive ketones (excluding diaryl/α,β-unsaturated/α-hetero) is 1. The van der Waals surface area contributed by atoms with Crippen molar-refractivity contribution in [2.24, 2.45) is 11.7 Å². The number of hydrogen-bond donors (Lipinski definition) is 1. The lowest BCUT2D eigenvalue weighted by Gasteiger charge is -2.08.